The van der Waals surface area contributed by atoms with Crippen molar-refractivity contribution in [3.05, 3.63) is 29.6 Å². The maximum atomic E-state index is 13.7. The van der Waals surface area contributed by atoms with Crippen LogP contribution in [0.5, 0.6) is 0 Å². The van der Waals surface area contributed by atoms with E-state index in [0.29, 0.717) is 5.56 Å². The third kappa shape index (κ3) is 4.00. The van der Waals surface area contributed by atoms with Crippen LogP contribution in [0.4, 0.5) is 4.39 Å². The van der Waals surface area contributed by atoms with E-state index in [9.17, 15) is 21.2 Å². The minimum atomic E-state index is -4.04. The highest BCUT2D eigenvalue weighted by atomic mass is 32.2. The summed E-state index contributed by atoms with van der Waals surface area (Å²) in [6.07, 6.45) is 0.388. The van der Waals surface area contributed by atoms with Gasteiger partial charge in [-0.25, -0.2) is 25.9 Å². The van der Waals surface area contributed by atoms with Crippen LogP contribution in [0.2, 0.25) is 0 Å². The maximum Gasteiger partial charge on any atom is 0.243 e. The molecule has 0 bridgehead atoms. The molecule has 1 saturated heterocycles. The first kappa shape index (κ1) is 16.3. The van der Waals surface area contributed by atoms with Gasteiger partial charge in [0.25, 0.3) is 0 Å². The molecule has 0 spiro atoms. The second-order valence-corrected chi connectivity index (χ2v) is 9.00. The molecular formula is C12H17FN2O4S2. The molecule has 118 valence electrons. The molecule has 21 heavy (non-hydrogen) atoms. The van der Waals surface area contributed by atoms with Crippen LogP contribution >= 0.6 is 0 Å². The van der Waals surface area contributed by atoms with Crippen molar-refractivity contribution in [2.75, 3.05) is 11.5 Å². The number of hydrogen-bond donors (Lipinski definition) is 2. The fraction of sp³-hybridized carbons (Fsp3) is 0.500. The largest absolute Gasteiger partial charge is 0.326 e. The van der Waals surface area contributed by atoms with E-state index in [0.717, 1.165) is 6.07 Å². The Kier molecular flexibility index (Phi) is 4.66. The Morgan fingerprint density at radius 1 is 1.29 bits per heavy atom. The fourth-order valence-electron chi connectivity index (χ4n) is 2.17. The smallest absolute Gasteiger partial charge is 0.243 e. The number of hydrogen-bond acceptors (Lipinski definition) is 5. The van der Waals surface area contributed by atoms with Gasteiger partial charge in [-0.3, -0.25) is 0 Å². The van der Waals surface area contributed by atoms with Crippen molar-refractivity contribution >= 4 is 19.9 Å². The number of benzene rings is 1. The van der Waals surface area contributed by atoms with Gasteiger partial charge in [-0.15, -0.1) is 0 Å². The lowest BCUT2D eigenvalue weighted by Gasteiger charge is -2.23. The van der Waals surface area contributed by atoms with Gasteiger partial charge >= 0.3 is 0 Å². The number of rotatable bonds is 4. The second-order valence-electron chi connectivity index (χ2n) is 5.02. The quantitative estimate of drug-likeness (QED) is 0.813. The molecule has 2 rings (SSSR count). The first-order valence-electron chi connectivity index (χ1n) is 6.45. The van der Waals surface area contributed by atoms with Gasteiger partial charge in [-0.05, 0) is 30.5 Å². The summed E-state index contributed by atoms with van der Waals surface area (Å²) in [6, 6.07) is 3.17. The van der Waals surface area contributed by atoms with Crippen LogP contribution in [0.3, 0.4) is 0 Å². The molecule has 0 unspecified atom stereocenters. The summed E-state index contributed by atoms with van der Waals surface area (Å²) in [7, 11) is -7.12. The summed E-state index contributed by atoms with van der Waals surface area (Å²) in [6.45, 7) is 0.102. The summed E-state index contributed by atoms with van der Waals surface area (Å²) in [5.41, 5.74) is 5.92. The number of halogens is 1. The first-order valence-corrected chi connectivity index (χ1v) is 9.75. The van der Waals surface area contributed by atoms with Gasteiger partial charge in [-0.1, -0.05) is 6.07 Å². The molecule has 1 aliphatic rings. The molecule has 0 saturated carbocycles. The third-order valence-corrected chi connectivity index (χ3v) is 6.65. The molecule has 0 radical (unpaired) electrons. The van der Waals surface area contributed by atoms with Gasteiger partial charge in [0.15, 0.2) is 0 Å². The molecular weight excluding hydrogens is 319 g/mol. The molecule has 0 aliphatic carbocycles. The summed E-state index contributed by atoms with van der Waals surface area (Å²) in [4.78, 5) is -0.459. The van der Waals surface area contributed by atoms with Gasteiger partial charge in [0.1, 0.15) is 20.5 Å². The molecule has 0 atom stereocenters. The van der Waals surface area contributed by atoms with Crippen molar-refractivity contribution in [3.63, 3.8) is 0 Å². The Bertz CT molecular complexity index is 718. The summed E-state index contributed by atoms with van der Waals surface area (Å²) >= 11 is 0. The standard InChI is InChI=1S/C12H17FN2O4S2/c13-11-2-1-9(8-14)7-12(11)21(18,19)15-10-3-5-20(16,17)6-4-10/h1-2,7,10,15H,3-6,8,14H2. The van der Waals surface area contributed by atoms with Crippen LogP contribution < -0.4 is 10.5 Å². The van der Waals surface area contributed by atoms with Crippen LogP contribution in [0, 0.1) is 5.82 Å². The maximum absolute atomic E-state index is 13.7. The number of nitrogens with two attached hydrogens (primary N) is 1. The number of sulfone groups is 1. The van der Waals surface area contributed by atoms with Crippen molar-refractivity contribution in [2.24, 2.45) is 5.73 Å². The van der Waals surface area contributed by atoms with E-state index in [4.69, 9.17) is 5.73 Å². The average molecular weight is 336 g/mol. The summed E-state index contributed by atoms with van der Waals surface area (Å²) in [5.74, 6) is -0.986. The Morgan fingerprint density at radius 3 is 2.48 bits per heavy atom. The number of nitrogens with one attached hydrogen (secondary N) is 1. The average Bonchev–Trinajstić information content (AvgIpc) is 2.41. The van der Waals surface area contributed by atoms with E-state index < -0.39 is 36.6 Å². The zero-order valence-corrected chi connectivity index (χ0v) is 12.9. The lowest BCUT2D eigenvalue weighted by molar-refractivity contribution is 0.500. The van der Waals surface area contributed by atoms with Crippen molar-refractivity contribution in [1.29, 1.82) is 0 Å². The molecule has 1 heterocycles. The van der Waals surface area contributed by atoms with Crippen LogP contribution in [-0.2, 0) is 26.4 Å². The molecule has 6 nitrogen and oxygen atoms in total. The van der Waals surface area contributed by atoms with Crippen molar-refractivity contribution in [3.8, 4) is 0 Å². The first-order chi connectivity index (χ1) is 9.73. The fourth-order valence-corrected chi connectivity index (χ4v) is 5.10. The molecule has 1 aromatic carbocycles. The Morgan fingerprint density at radius 2 is 1.90 bits per heavy atom. The van der Waals surface area contributed by atoms with E-state index in [1.807, 2.05) is 0 Å². The zero-order chi connectivity index (χ0) is 15.7. The van der Waals surface area contributed by atoms with Gasteiger partial charge in [-0.2, -0.15) is 0 Å². The normalized spacial score (nSPS) is 19.5. The minimum absolute atomic E-state index is 0.0640. The second kappa shape index (κ2) is 5.99. The van der Waals surface area contributed by atoms with E-state index in [1.54, 1.807) is 0 Å². The van der Waals surface area contributed by atoms with Crippen molar-refractivity contribution in [2.45, 2.75) is 30.3 Å². The monoisotopic (exact) mass is 336 g/mol. The Labute approximate surface area is 123 Å². The van der Waals surface area contributed by atoms with E-state index in [2.05, 4.69) is 4.72 Å². The lowest BCUT2D eigenvalue weighted by Crippen LogP contribution is -2.41. The third-order valence-electron chi connectivity index (χ3n) is 3.40. The molecule has 1 aromatic rings. The molecule has 0 aromatic heterocycles. The topological polar surface area (TPSA) is 106 Å². The highest BCUT2D eigenvalue weighted by Crippen LogP contribution is 2.19. The lowest BCUT2D eigenvalue weighted by atomic mass is 10.2. The number of sulfonamides is 1. The molecule has 1 fully saturated rings. The van der Waals surface area contributed by atoms with Gasteiger partial charge in [0.05, 0.1) is 11.5 Å². The van der Waals surface area contributed by atoms with Crippen LogP contribution in [0.1, 0.15) is 18.4 Å². The molecule has 0 amide bonds. The summed E-state index contributed by atoms with van der Waals surface area (Å²) in [5, 5.41) is 0. The van der Waals surface area contributed by atoms with E-state index >= 15 is 0 Å². The Balaban J connectivity index is 2.19. The minimum Gasteiger partial charge on any atom is -0.326 e. The molecule has 3 N–H and O–H groups in total. The zero-order valence-electron chi connectivity index (χ0n) is 11.2. The molecule has 9 heteroatoms. The predicted molar refractivity (Wildman–Crippen MR) is 76.3 cm³/mol. The predicted octanol–water partition coefficient (Wildman–Crippen LogP) is 0.140. The highest BCUT2D eigenvalue weighted by Gasteiger charge is 2.28. The highest BCUT2D eigenvalue weighted by molar-refractivity contribution is 7.91. The molecule has 1 aliphatic heterocycles. The van der Waals surface area contributed by atoms with Crippen LogP contribution in [0.15, 0.2) is 23.1 Å². The van der Waals surface area contributed by atoms with Gasteiger partial charge in [0.2, 0.25) is 10.0 Å². The van der Waals surface area contributed by atoms with Crippen molar-refractivity contribution in [1.82, 2.24) is 4.72 Å². The van der Waals surface area contributed by atoms with Crippen molar-refractivity contribution < 1.29 is 21.2 Å². The SMILES string of the molecule is NCc1ccc(F)c(S(=O)(=O)NC2CCS(=O)(=O)CC2)c1. The summed E-state index contributed by atoms with van der Waals surface area (Å²) < 4.78 is 63.1. The van der Waals surface area contributed by atoms with Gasteiger partial charge in [0, 0.05) is 12.6 Å². The Hall–Kier alpha value is -1.03. The van der Waals surface area contributed by atoms with Crippen LogP contribution in [0.25, 0.3) is 0 Å². The van der Waals surface area contributed by atoms with Gasteiger partial charge < -0.3 is 5.73 Å². The van der Waals surface area contributed by atoms with Crippen LogP contribution in [-0.4, -0.2) is 34.4 Å². The van der Waals surface area contributed by atoms with E-state index in [-0.39, 0.29) is 30.9 Å². The van der Waals surface area contributed by atoms with E-state index in [1.165, 1.54) is 12.1 Å².